The number of rotatable bonds is 6. The van der Waals surface area contributed by atoms with E-state index >= 15 is 0 Å². The summed E-state index contributed by atoms with van der Waals surface area (Å²) in [7, 11) is 0. The number of amides is 1. The Hall–Kier alpha value is -0.580. The van der Waals surface area contributed by atoms with E-state index in [1.54, 1.807) is 0 Å². The van der Waals surface area contributed by atoms with Crippen LogP contribution in [-0.2, 0) is 10.2 Å². The Morgan fingerprint density at radius 3 is 2.64 bits per heavy atom. The van der Waals surface area contributed by atoms with Crippen LogP contribution in [0.5, 0.6) is 0 Å². The van der Waals surface area contributed by atoms with Crippen molar-refractivity contribution in [2.24, 2.45) is 5.73 Å². The summed E-state index contributed by atoms with van der Waals surface area (Å²) in [5.74, 6) is -0.00847. The smallest absolute Gasteiger partial charge is 0.239 e. The van der Waals surface area contributed by atoms with E-state index in [0.29, 0.717) is 0 Å². The fraction of sp³-hybridized carbons (Fsp3) is 0.706. The summed E-state index contributed by atoms with van der Waals surface area (Å²) >= 11 is 1.82. The van der Waals surface area contributed by atoms with Crippen LogP contribution in [-0.4, -0.2) is 18.0 Å². The van der Waals surface area contributed by atoms with Gasteiger partial charge in [-0.1, -0.05) is 38.7 Å². The molecule has 1 heterocycles. The summed E-state index contributed by atoms with van der Waals surface area (Å²) in [6, 6.07) is 4.33. The van der Waals surface area contributed by atoms with Gasteiger partial charge in [-0.15, -0.1) is 23.7 Å². The number of carbonyl (C=O) groups excluding carboxylic acids is 1. The van der Waals surface area contributed by atoms with Gasteiger partial charge in [0.1, 0.15) is 0 Å². The molecule has 1 atom stereocenters. The maximum absolute atomic E-state index is 12.4. The summed E-state index contributed by atoms with van der Waals surface area (Å²) in [5.41, 5.74) is 5.52. The molecular formula is C17H29ClN2OS. The Morgan fingerprint density at radius 1 is 1.41 bits per heavy atom. The largest absolute Gasteiger partial charge is 0.354 e. The van der Waals surface area contributed by atoms with E-state index in [2.05, 4.69) is 29.8 Å². The van der Waals surface area contributed by atoms with E-state index in [1.807, 2.05) is 18.3 Å². The summed E-state index contributed by atoms with van der Waals surface area (Å²) in [5, 5.41) is 5.29. The average Bonchev–Trinajstić information content (AvgIpc) is 3.00. The van der Waals surface area contributed by atoms with Gasteiger partial charge >= 0.3 is 0 Å². The molecule has 0 aromatic carbocycles. The van der Waals surface area contributed by atoms with Gasteiger partial charge in [0.15, 0.2) is 0 Å². The number of nitrogens with two attached hydrogens (primary N) is 1. The van der Waals surface area contributed by atoms with E-state index in [-0.39, 0.29) is 23.7 Å². The first kappa shape index (κ1) is 19.5. The standard InChI is InChI=1S/C17H28N2OS.ClH/c1-3-9-16(2,18)15(20)19-13-17(10-5-4-6-11-17)14-8-7-12-21-14;/h7-8,12H,3-6,9-11,13,18H2,1-2H3,(H,19,20);1H. The van der Waals surface area contributed by atoms with Gasteiger partial charge in [-0.05, 0) is 37.6 Å². The summed E-state index contributed by atoms with van der Waals surface area (Å²) in [6.45, 7) is 4.63. The van der Waals surface area contributed by atoms with Crippen molar-refractivity contribution in [1.82, 2.24) is 5.32 Å². The second-order valence-corrected chi connectivity index (χ2v) is 7.62. The Morgan fingerprint density at radius 2 is 2.09 bits per heavy atom. The van der Waals surface area contributed by atoms with Crippen LogP contribution in [0.3, 0.4) is 0 Å². The molecule has 1 aliphatic rings. The van der Waals surface area contributed by atoms with Gasteiger partial charge in [0.25, 0.3) is 0 Å². The maximum atomic E-state index is 12.4. The highest BCUT2D eigenvalue weighted by Crippen LogP contribution is 2.41. The monoisotopic (exact) mass is 344 g/mol. The summed E-state index contributed by atoms with van der Waals surface area (Å²) < 4.78 is 0. The van der Waals surface area contributed by atoms with Gasteiger partial charge in [0.05, 0.1) is 5.54 Å². The van der Waals surface area contributed by atoms with Crippen LogP contribution in [0.4, 0.5) is 0 Å². The number of carbonyl (C=O) groups is 1. The maximum Gasteiger partial charge on any atom is 0.239 e. The molecule has 0 spiro atoms. The average molecular weight is 345 g/mol. The van der Waals surface area contributed by atoms with Crippen molar-refractivity contribution in [3.63, 3.8) is 0 Å². The minimum Gasteiger partial charge on any atom is -0.354 e. The molecule has 1 saturated carbocycles. The van der Waals surface area contributed by atoms with Crippen molar-refractivity contribution in [1.29, 1.82) is 0 Å². The van der Waals surface area contributed by atoms with Crippen LogP contribution in [0, 0.1) is 0 Å². The first-order valence-electron chi connectivity index (χ1n) is 8.11. The van der Waals surface area contributed by atoms with Gasteiger partial charge in [0.2, 0.25) is 5.91 Å². The molecular weight excluding hydrogens is 316 g/mol. The molecule has 1 fully saturated rings. The molecule has 0 radical (unpaired) electrons. The Balaban J connectivity index is 0.00000242. The zero-order valence-corrected chi connectivity index (χ0v) is 15.3. The molecule has 3 N–H and O–H groups in total. The number of halogens is 1. The van der Waals surface area contributed by atoms with Crippen molar-refractivity contribution in [3.8, 4) is 0 Å². The second kappa shape index (κ2) is 8.32. The van der Waals surface area contributed by atoms with Crippen molar-refractivity contribution in [3.05, 3.63) is 22.4 Å². The third-order valence-electron chi connectivity index (χ3n) is 4.73. The molecule has 126 valence electrons. The number of hydrogen-bond donors (Lipinski definition) is 2. The predicted molar refractivity (Wildman–Crippen MR) is 96.8 cm³/mol. The zero-order chi connectivity index (χ0) is 15.3. The van der Waals surface area contributed by atoms with Crippen molar-refractivity contribution >= 4 is 29.7 Å². The minimum absolute atomic E-state index is 0. The highest BCUT2D eigenvalue weighted by Gasteiger charge is 2.36. The molecule has 1 aliphatic carbocycles. The molecule has 22 heavy (non-hydrogen) atoms. The van der Waals surface area contributed by atoms with E-state index in [9.17, 15) is 4.79 Å². The molecule has 2 rings (SSSR count). The van der Waals surface area contributed by atoms with Gasteiger partial charge in [-0.3, -0.25) is 4.79 Å². The number of hydrogen-bond acceptors (Lipinski definition) is 3. The van der Waals surface area contributed by atoms with Gasteiger partial charge in [-0.25, -0.2) is 0 Å². The second-order valence-electron chi connectivity index (χ2n) is 6.67. The Kier molecular flexibility index (Phi) is 7.36. The molecule has 1 unspecified atom stereocenters. The third-order valence-corrected chi connectivity index (χ3v) is 5.85. The van der Waals surface area contributed by atoms with E-state index in [1.165, 1.54) is 37.0 Å². The fourth-order valence-corrected chi connectivity index (χ4v) is 4.39. The lowest BCUT2D eigenvalue weighted by Gasteiger charge is -2.37. The minimum atomic E-state index is -0.750. The lowest BCUT2D eigenvalue weighted by molar-refractivity contribution is -0.126. The molecule has 3 nitrogen and oxygen atoms in total. The fourth-order valence-electron chi connectivity index (χ4n) is 3.40. The highest BCUT2D eigenvalue weighted by atomic mass is 35.5. The molecule has 1 aromatic rings. The van der Waals surface area contributed by atoms with Crippen LogP contribution in [0.15, 0.2) is 17.5 Å². The number of thiophene rings is 1. The molecule has 5 heteroatoms. The zero-order valence-electron chi connectivity index (χ0n) is 13.7. The first-order valence-corrected chi connectivity index (χ1v) is 8.99. The normalized spacial score (nSPS) is 19.8. The summed E-state index contributed by atoms with van der Waals surface area (Å²) in [4.78, 5) is 13.8. The Labute approximate surface area is 144 Å². The van der Waals surface area contributed by atoms with E-state index in [0.717, 1.165) is 19.4 Å². The SMILES string of the molecule is CCCC(C)(N)C(=O)NCC1(c2cccs2)CCCCC1.Cl. The van der Waals surface area contributed by atoms with E-state index < -0.39 is 5.54 Å². The number of nitrogens with one attached hydrogen (secondary N) is 1. The topological polar surface area (TPSA) is 55.1 Å². The van der Waals surface area contributed by atoms with Gasteiger partial charge in [0, 0.05) is 16.8 Å². The van der Waals surface area contributed by atoms with Crippen LogP contribution in [0.25, 0.3) is 0 Å². The van der Waals surface area contributed by atoms with E-state index in [4.69, 9.17) is 5.73 Å². The molecule has 1 aromatic heterocycles. The Bertz CT molecular complexity index is 453. The first-order chi connectivity index (χ1) is 10.0. The van der Waals surface area contributed by atoms with Crippen molar-refractivity contribution in [2.75, 3.05) is 6.54 Å². The van der Waals surface area contributed by atoms with Crippen LogP contribution in [0.2, 0.25) is 0 Å². The third kappa shape index (κ3) is 4.46. The van der Waals surface area contributed by atoms with Gasteiger partial charge < -0.3 is 11.1 Å². The summed E-state index contributed by atoms with van der Waals surface area (Å²) in [6.07, 6.45) is 7.81. The lowest BCUT2D eigenvalue weighted by atomic mass is 9.73. The van der Waals surface area contributed by atoms with Crippen LogP contribution >= 0.6 is 23.7 Å². The molecule has 0 aliphatic heterocycles. The van der Waals surface area contributed by atoms with Crippen molar-refractivity contribution in [2.45, 2.75) is 69.7 Å². The molecule has 0 bridgehead atoms. The molecule has 0 saturated heterocycles. The molecule has 1 amide bonds. The van der Waals surface area contributed by atoms with Crippen molar-refractivity contribution < 1.29 is 4.79 Å². The predicted octanol–water partition coefficient (Wildman–Crippen LogP) is 4.01. The lowest BCUT2D eigenvalue weighted by Crippen LogP contribution is -2.54. The van der Waals surface area contributed by atoms with Crippen LogP contribution in [0.1, 0.15) is 63.7 Å². The highest BCUT2D eigenvalue weighted by molar-refractivity contribution is 7.10. The van der Waals surface area contributed by atoms with Crippen LogP contribution < -0.4 is 11.1 Å². The van der Waals surface area contributed by atoms with Gasteiger partial charge in [-0.2, -0.15) is 0 Å². The quantitative estimate of drug-likeness (QED) is 0.819.